The summed E-state index contributed by atoms with van der Waals surface area (Å²) in [5, 5.41) is 2.66. The molecule has 8 heteroatoms. The molecule has 0 aromatic carbocycles. The quantitative estimate of drug-likeness (QED) is 0.840. The van der Waals surface area contributed by atoms with Crippen molar-refractivity contribution >= 4 is 21.5 Å². The van der Waals surface area contributed by atoms with Crippen LogP contribution < -0.4 is 11.1 Å². The van der Waals surface area contributed by atoms with Crippen molar-refractivity contribution < 1.29 is 17.2 Å². The zero-order chi connectivity index (χ0) is 13.3. The van der Waals surface area contributed by atoms with Crippen molar-refractivity contribution in [2.45, 2.75) is 18.9 Å². The molecule has 5 nitrogen and oxygen atoms in total. The molecule has 0 saturated carbocycles. The van der Waals surface area contributed by atoms with Crippen LogP contribution in [0, 0.1) is 11.6 Å². The second-order valence-corrected chi connectivity index (χ2v) is 6.51. The number of pyridine rings is 1. The van der Waals surface area contributed by atoms with Gasteiger partial charge in [0.2, 0.25) is 0 Å². The summed E-state index contributed by atoms with van der Waals surface area (Å²) in [6, 6.07) is 0.206. The van der Waals surface area contributed by atoms with E-state index in [4.69, 9.17) is 5.73 Å². The van der Waals surface area contributed by atoms with Crippen LogP contribution in [-0.4, -0.2) is 30.9 Å². The van der Waals surface area contributed by atoms with Crippen LogP contribution in [0.3, 0.4) is 0 Å². The van der Waals surface area contributed by atoms with Gasteiger partial charge in [-0.3, -0.25) is 0 Å². The minimum atomic E-state index is -3.10. The first-order valence-electron chi connectivity index (χ1n) is 5.46. The predicted molar refractivity (Wildman–Crippen MR) is 63.9 cm³/mol. The van der Waals surface area contributed by atoms with Gasteiger partial charge in [-0.15, -0.1) is 0 Å². The number of anilines is 2. The first-order chi connectivity index (χ1) is 8.37. The molecule has 0 radical (unpaired) electrons. The zero-order valence-electron chi connectivity index (χ0n) is 9.49. The van der Waals surface area contributed by atoms with Crippen molar-refractivity contribution in [1.29, 1.82) is 0 Å². The van der Waals surface area contributed by atoms with Gasteiger partial charge in [0, 0.05) is 12.1 Å². The van der Waals surface area contributed by atoms with Crippen LogP contribution in [0.5, 0.6) is 0 Å². The van der Waals surface area contributed by atoms with Gasteiger partial charge in [0.25, 0.3) is 0 Å². The molecular weight excluding hydrogens is 264 g/mol. The Balaban J connectivity index is 2.17. The van der Waals surface area contributed by atoms with Crippen molar-refractivity contribution in [1.82, 2.24) is 4.98 Å². The van der Waals surface area contributed by atoms with Gasteiger partial charge in [-0.2, -0.15) is 0 Å². The molecule has 2 rings (SSSR count). The number of sulfone groups is 1. The third-order valence-electron chi connectivity index (χ3n) is 2.76. The Morgan fingerprint density at radius 1 is 1.39 bits per heavy atom. The van der Waals surface area contributed by atoms with Crippen molar-refractivity contribution in [2.24, 2.45) is 0 Å². The number of nitrogens with zero attached hydrogens (tertiary/aromatic N) is 1. The summed E-state index contributed by atoms with van der Waals surface area (Å²) in [6.45, 7) is 0. The number of nitrogens with two attached hydrogens (primary N) is 1. The van der Waals surface area contributed by atoms with Gasteiger partial charge >= 0.3 is 0 Å². The Labute approximate surface area is 103 Å². The minimum Gasteiger partial charge on any atom is -0.381 e. The summed E-state index contributed by atoms with van der Waals surface area (Å²) < 4.78 is 49.2. The van der Waals surface area contributed by atoms with Gasteiger partial charge in [-0.1, -0.05) is 0 Å². The van der Waals surface area contributed by atoms with E-state index in [1.165, 1.54) is 0 Å². The zero-order valence-corrected chi connectivity index (χ0v) is 10.3. The normalized spacial score (nSPS) is 22.7. The molecule has 1 aromatic heterocycles. The lowest BCUT2D eigenvalue weighted by Gasteiger charge is -2.23. The highest BCUT2D eigenvalue weighted by molar-refractivity contribution is 7.91. The van der Waals surface area contributed by atoms with Gasteiger partial charge in [0.15, 0.2) is 33.1 Å². The minimum absolute atomic E-state index is 0.0780. The van der Waals surface area contributed by atoms with Gasteiger partial charge in [-0.05, 0) is 12.8 Å². The molecule has 1 aliphatic rings. The van der Waals surface area contributed by atoms with Gasteiger partial charge in [0.1, 0.15) is 0 Å². The monoisotopic (exact) mass is 277 g/mol. The number of halogens is 2. The van der Waals surface area contributed by atoms with Crippen LogP contribution in [0.15, 0.2) is 6.07 Å². The average molecular weight is 277 g/mol. The molecule has 1 aromatic rings. The van der Waals surface area contributed by atoms with Gasteiger partial charge in [0.05, 0.1) is 11.5 Å². The first-order valence-corrected chi connectivity index (χ1v) is 7.28. The molecule has 1 fully saturated rings. The van der Waals surface area contributed by atoms with E-state index in [0.29, 0.717) is 18.9 Å². The summed E-state index contributed by atoms with van der Waals surface area (Å²) in [5.74, 6) is -2.38. The average Bonchev–Trinajstić information content (AvgIpc) is 2.24. The van der Waals surface area contributed by atoms with Crippen molar-refractivity contribution in [3.05, 3.63) is 17.7 Å². The van der Waals surface area contributed by atoms with Crippen LogP contribution in [0.4, 0.5) is 20.4 Å². The summed E-state index contributed by atoms with van der Waals surface area (Å²) in [6.07, 6.45) is 1.11. The largest absolute Gasteiger partial charge is 0.381 e. The fraction of sp³-hybridized carbons (Fsp3) is 0.500. The molecule has 0 spiro atoms. The summed E-state index contributed by atoms with van der Waals surface area (Å²) in [5.41, 5.74) is 5.24. The smallest absolute Gasteiger partial charge is 0.168 e. The summed E-state index contributed by atoms with van der Waals surface area (Å²) in [7, 11) is -3.10. The molecule has 3 N–H and O–H groups in total. The van der Waals surface area contributed by atoms with Gasteiger partial charge in [-0.25, -0.2) is 22.2 Å². The lowest BCUT2D eigenvalue weighted by molar-refractivity contribution is 0.553. The highest BCUT2D eigenvalue weighted by Crippen LogP contribution is 2.21. The number of hydrogen-bond acceptors (Lipinski definition) is 5. The standard InChI is InChI=1S/C10H13F2N3O2S/c11-7-4-8(12)10(15-9(7)13)14-6-2-1-3-18(16,17)5-6/h4,6H,1-3,5H2,(H3,13,14,15). The molecule has 0 bridgehead atoms. The summed E-state index contributed by atoms with van der Waals surface area (Å²) >= 11 is 0. The third-order valence-corrected chi connectivity index (χ3v) is 4.58. The van der Waals surface area contributed by atoms with E-state index in [9.17, 15) is 17.2 Å². The maximum absolute atomic E-state index is 13.4. The molecule has 18 heavy (non-hydrogen) atoms. The van der Waals surface area contributed by atoms with E-state index in [1.54, 1.807) is 0 Å². The summed E-state index contributed by atoms with van der Waals surface area (Å²) in [4.78, 5) is 3.54. The SMILES string of the molecule is Nc1nc(NC2CCCS(=O)(=O)C2)c(F)cc1F. The number of aromatic nitrogens is 1. The second-order valence-electron chi connectivity index (χ2n) is 4.28. The Morgan fingerprint density at radius 2 is 2.11 bits per heavy atom. The fourth-order valence-electron chi connectivity index (χ4n) is 1.91. The molecular formula is C10H13F2N3O2S. The number of nitrogen functional groups attached to an aromatic ring is 1. The van der Waals surface area contributed by atoms with E-state index in [1.807, 2.05) is 0 Å². The Hall–Kier alpha value is -1.44. The topological polar surface area (TPSA) is 85.1 Å². The molecule has 0 aliphatic carbocycles. The van der Waals surface area contributed by atoms with E-state index >= 15 is 0 Å². The van der Waals surface area contributed by atoms with Crippen LogP contribution >= 0.6 is 0 Å². The second kappa shape index (κ2) is 4.68. The van der Waals surface area contributed by atoms with Gasteiger partial charge < -0.3 is 11.1 Å². The fourth-order valence-corrected chi connectivity index (χ4v) is 3.55. The molecule has 1 atom stereocenters. The van der Waals surface area contributed by atoms with Crippen molar-refractivity contribution in [3.63, 3.8) is 0 Å². The van der Waals surface area contributed by atoms with Crippen molar-refractivity contribution in [2.75, 3.05) is 22.6 Å². The van der Waals surface area contributed by atoms with Crippen LogP contribution in [-0.2, 0) is 9.84 Å². The lowest BCUT2D eigenvalue weighted by atomic mass is 10.2. The first kappa shape index (κ1) is 13.0. The number of rotatable bonds is 2. The van der Waals surface area contributed by atoms with Crippen LogP contribution in [0.2, 0.25) is 0 Å². The molecule has 1 aliphatic heterocycles. The molecule has 2 heterocycles. The molecule has 0 amide bonds. The maximum Gasteiger partial charge on any atom is 0.168 e. The van der Waals surface area contributed by atoms with E-state index in [2.05, 4.69) is 10.3 Å². The number of hydrogen-bond donors (Lipinski definition) is 2. The van der Waals surface area contributed by atoms with E-state index in [-0.39, 0.29) is 17.3 Å². The van der Waals surface area contributed by atoms with Crippen LogP contribution in [0.1, 0.15) is 12.8 Å². The molecule has 100 valence electrons. The number of nitrogens with one attached hydrogen (secondary N) is 1. The Bertz CT molecular complexity index is 562. The highest BCUT2D eigenvalue weighted by atomic mass is 32.2. The Morgan fingerprint density at radius 3 is 2.78 bits per heavy atom. The predicted octanol–water partition coefficient (Wildman–Crippen LogP) is 0.931. The Kier molecular flexibility index (Phi) is 3.38. The molecule has 1 unspecified atom stereocenters. The van der Waals surface area contributed by atoms with Crippen LogP contribution in [0.25, 0.3) is 0 Å². The maximum atomic E-state index is 13.4. The van der Waals surface area contributed by atoms with Crippen molar-refractivity contribution in [3.8, 4) is 0 Å². The third kappa shape index (κ3) is 2.87. The molecule has 1 saturated heterocycles. The lowest BCUT2D eigenvalue weighted by Crippen LogP contribution is -2.35. The van der Waals surface area contributed by atoms with E-state index in [0.717, 1.165) is 0 Å². The highest BCUT2D eigenvalue weighted by Gasteiger charge is 2.25. The van der Waals surface area contributed by atoms with E-state index < -0.39 is 33.3 Å².